The van der Waals surface area contributed by atoms with Gasteiger partial charge in [-0.25, -0.2) is 0 Å². The van der Waals surface area contributed by atoms with E-state index in [4.69, 9.17) is 0 Å². The van der Waals surface area contributed by atoms with Crippen LogP contribution in [0.1, 0.15) is 51.4 Å². The van der Waals surface area contributed by atoms with E-state index in [1.54, 1.807) is 0 Å². The van der Waals surface area contributed by atoms with Crippen LogP contribution in [0.5, 0.6) is 0 Å². The average molecular weight is 410 g/mol. The number of carbonyl (C=O) groups excluding carboxylic acids is 1. The van der Waals surface area contributed by atoms with Crippen molar-refractivity contribution in [1.29, 1.82) is 0 Å². The Bertz CT molecular complexity index is 515. The molecule has 0 bridgehead atoms. The van der Waals surface area contributed by atoms with Crippen LogP contribution < -0.4 is 10.6 Å². The third-order valence-corrected chi connectivity index (χ3v) is 7.73. The molecule has 2 unspecified atom stereocenters. The number of hydrogen-bond donors (Lipinski definition) is 2. The van der Waals surface area contributed by atoms with E-state index < -0.39 is 0 Å². The first-order valence-electron chi connectivity index (χ1n) is 11.2. The smallest absolute Gasteiger partial charge is 0.225 e. The molecule has 3 fully saturated rings. The van der Waals surface area contributed by atoms with Gasteiger partial charge in [-0.15, -0.1) is 0 Å². The van der Waals surface area contributed by atoms with E-state index in [0.29, 0.717) is 17.9 Å². The number of piperazine rings is 1. The molecule has 2 atom stereocenters. The van der Waals surface area contributed by atoms with Gasteiger partial charge in [0.2, 0.25) is 5.91 Å². The molecule has 1 saturated heterocycles. The van der Waals surface area contributed by atoms with Crippen LogP contribution in [0, 0.1) is 5.92 Å². The first-order valence-corrected chi connectivity index (χ1v) is 12.5. The van der Waals surface area contributed by atoms with Gasteiger partial charge >= 0.3 is 0 Å². The second kappa shape index (κ2) is 11.3. The van der Waals surface area contributed by atoms with Crippen LogP contribution in [-0.2, 0) is 4.79 Å². The SMILES string of the molecule is CN=C(NCCN1CCN(C(=O)C2CCCC2)CC1)NC1CCCC(SC)C1. The molecule has 0 spiro atoms. The van der Waals surface area contributed by atoms with Gasteiger partial charge in [-0.1, -0.05) is 19.3 Å². The van der Waals surface area contributed by atoms with Crippen LogP contribution in [0.25, 0.3) is 0 Å². The standard InChI is InChI=1S/C21H39N5OS/c1-22-21(24-18-8-5-9-19(16-18)28-2)23-10-11-25-12-14-26(15-13-25)20(27)17-6-3-4-7-17/h17-19H,3-16H2,1-2H3,(H2,22,23,24). The molecule has 6 nitrogen and oxygen atoms in total. The number of nitrogens with zero attached hydrogens (tertiary/aromatic N) is 3. The Labute approximate surface area is 175 Å². The maximum atomic E-state index is 12.6. The fourth-order valence-electron chi connectivity index (χ4n) is 4.83. The quantitative estimate of drug-likeness (QED) is 0.520. The van der Waals surface area contributed by atoms with Crippen molar-refractivity contribution in [3.63, 3.8) is 0 Å². The van der Waals surface area contributed by atoms with Crippen molar-refractivity contribution in [3.05, 3.63) is 0 Å². The Balaban J connectivity index is 1.32. The van der Waals surface area contributed by atoms with Crippen molar-refractivity contribution >= 4 is 23.6 Å². The molecule has 2 saturated carbocycles. The van der Waals surface area contributed by atoms with E-state index in [1.807, 2.05) is 18.8 Å². The minimum absolute atomic E-state index is 0.313. The minimum atomic E-state index is 0.313. The lowest BCUT2D eigenvalue weighted by Gasteiger charge is -2.36. The van der Waals surface area contributed by atoms with Crippen molar-refractivity contribution in [1.82, 2.24) is 20.4 Å². The van der Waals surface area contributed by atoms with Gasteiger partial charge in [0.15, 0.2) is 5.96 Å². The van der Waals surface area contributed by atoms with E-state index in [9.17, 15) is 4.79 Å². The summed E-state index contributed by atoms with van der Waals surface area (Å²) in [7, 11) is 1.86. The summed E-state index contributed by atoms with van der Waals surface area (Å²) >= 11 is 2.00. The van der Waals surface area contributed by atoms with Gasteiger partial charge in [0.25, 0.3) is 0 Å². The average Bonchev–Trinajstić information content (AvgIpc) is 3.28. The second-order valence-corrected chi connectivity index (χ2v) is 9.65. The van der Waals surface area contributed by atoms with Crippen LogP contribution in [0.15, 0.2) is 4.99 Å². The number of carbonyl (C=O) groups is 1. The molecule has 1 amide bonds. The van der Waals surface area contributed by atoms with E-state index in [1.165, 1.54) is 38.5 Å². The largest absolute Gasteiger partial charge is 0.355 e. The number of amides is 1. The first kappa shape index (κ1) is 21.8. The molecule has 0 aromatic carbocycles. The first-order chi connectivity index (χ1) is 13.7. The monoisotopic (exact) mass is 409 g/mol. The number of aliphatic imine (C=N–C) groups is 1. The summed E-state index contributed by atoms with van der Waals surface area (Å²) in [4.78, 5) is 21.5. The third kappa shape index (κ3) is 6.28. The maximum Gasteiger partial charge on any atom is 0.225 e. The van der Waals surface area contributed by atoms with Crippen LogP contribution in [0.4, 0.5) is 0 Å². The van der Waals surface area contributed by atoms with Crippen LogP contribution in [0.3, 0.4) is 0 Å². The van der Waals surface area contributed by atoms with E-state index in [2.05, 4.69) is 31.7 Å². The van der Waals surface area contributed by atoms with Crippen molar-refractivity contribution in [3.8, 4) is 0 Å². The Morgan fingerprint density at radius 1 is 1.07 bits per heavy atom. The molecule has 0 radical (unpaired) electrons. The van der Waals surface area contributed by atoms with Gasteiger partial charge in [-0.3, -0.25) is 14.7 Å². The zero-order valence-electron chi connectivity index (χ0n) is 17.8. The van der Waals surface area contributed by atoms with Crippen molar-refractivity contribution in [2.75, 3.05) is 52.6 Å². The predicted molar refractivity (Wildman–Crippen MR) is 119 cm³/mol. The molecule has 0 aromatic heterocycles. The molecular weight excluding hydrogens is 370 g/mol. The zero-order chi connectivity index (χ0) is 19.8. The maximum absolute atomic E-state index is 12.6. The summed E-state index contributed by atoms with van der Waals surface area (Å²) in [5.74, 6) is 1.66. The molecule has 1 aliphatic heterocycles. The normalized spacial score (nSPS) is 27.8. The van der Waals surface area contributed by atoms with Crippen LogP contribution in [-0.4, -0.2) is 85.5 Å². The Morgan fingerprint density at radius 2 is 1.82 bits per heavy atom. The van der Waals surface area contributed by atoms with Crippen LogP contribution >= 0.6 is 11.8 Å². The molecule has 160 valence electrons. The summed E-state index contributed by atoms with van der Waals surface area (Å²) in [5, 5.41) is 7.89. The molecule has 3 aliphatic rings. The second-order valence-electron chi connectivity index (χ2n) is 8.51. The molecule has 0 aromatic rings. The highest BCUT2D eigenvalue weighted by Gasteiger charge is 2.29. The van der Waals surface area contributed by atoms with Crippen molar-refractivity contribution in [2.24, 2.45) is 10.9 Å². The fourth-order valence-corrected chi connectivity index (χ4v) is 5.66. The number of nitrogens with one attached hydrogen (secondary N) is 2. The lowest BCUT2D eigenvalue weighted by Crippen LogP contribution is -2.52. The number of hydrogen-bond acceptors (Lipinski definition) is 4. The minimum Gasteiger partial charge on any atom is -0.355 e. The lowest BCUT2D eigenvalue weighted by molar-refractivity contribution is -0.137. The molecular formula is C21H39N5OS. The topological polar surface area (TPSA) is 60.0 Å². The van der Waals surface area contributed by atoms with E-state index in [-0.39, 0.29) is 0 Å². The molecule has 7 heteroatoms. The van der Waals surface area contributed by atoms with Gasteiger partial charge < -0.3 is 15.5 Å². The Hall–Kier alpha value is -0.950. The number of guanidine groups is 1. The third-order valence-electron chi connectivity index (χ3n) is 6.63. The summed E-state index contributed by atoms with van der Waals surface area (Å²) < 4.78 is 0. The summed E-state index contributed by atoms with van der Waals surface area (Å²) in [6.45, 7) is 5.66. The number of rotatable bonds is 6. The highest BCUT2D eigenvalue weighted by Crippen LogP contribution is 2.27. The number of thioether (sulfide) groups is 1. The zero-order valence-corrected chi connectivity index (χ0v) is 18.6. The van der Waals surface area contributed by atoms with Crippen LogP contribution in [0.2, 0.25) is 0 Å². The summed E-state index contributed by atoms with van der Waals surface area (Å²) in [6.07, 6.45) is 12.0. The van der Waals surface area contributed by atoms with E-state index in [0.717, 1.165) is 63.3 Å². The Morgan fingerprint density at radius 3 is 2.50 bits per heavy atom. The molecule has 3 rings (SSSR count). The van der Waals surface area contributed by atoms with Gasteiger partial charge in [-0.2, -0.15) is 11.8 Å². The van der Waals surface area contributed by atoms with Gasteiger partial charge in [0, 0.05) is 63.5 Å². The Kier molecular flexibility index (Phi) is 8.77. The van der Waals surface area contributed by atoms with Gasteiger partial charge in [0.05, 0.1) is 0 Å². The predicted octanol–water partition coefficient (Wildman–Crippen LogP) is 2.16. The molecule has 1 heterocycles. The van der Waals surface area contributed by atoms with Gasteiger partial charge in [-0.05, 0) is 38.4 Å². The fraction of sp³-hybridized carbons (Fsp3) is 0.905. The lowest BCUT2D eigenvalue weighted by atomic mass is 9.95. The molecule has 2 N–H and O–H groups in total. The van der Waals surface area contributed by atoms with Crippen molar-refractivity contribution < 1.29 is 4.79 Å². The molecule has 28 heavy (non-hydrogen) atoms. The summed E-state index contributed by atoms with van der Waals surface area (Å²) in [6, 6.07) is 0.544. The van der Waals surface area contributed by atoms with Gasteiger partial charge in [0.1, 0.15) is 0 Å². The van der Waals surface area contributed by atoms with E-state index >= 15 is 0 Å². The molecule has 2 aliphatic carbocycles. The summed E-state index contributed by atoms with van der Waals surface area (Å²) in [5.41, 5.74) is 0. The van der Waals surface area contributed by atoms with Crippen molar-refractivity contribution in [2.45, 2.75) is 62.7 Å². The highest BCUT2D eigenvalue weighted by molar-refractivity contribution is 7.99. The highest BCUT2D eigenvalue weighted by atomic mass is 32.2.